The van der Waals surface area contributed by atoms with Crippen molar-refractivity contribution in [2.24, 2.45) is 0 Å². The van der Waals surface area contributed by atoms with Crippen LogP contribution in [0.25, 0.3) is 0 Å². The van der Waals surface area contributed by atoms with Gasteiger partial charge >= 0.3 is 6.18 Å². The van der Waals surface area contributed by atoms with Gasteiger partial charge in [-0.15, -0.1) is 0 Å². The van der Waals surface area contributed by atoms with E-state index in [1.165, 1.54) is 0 Å². The van der Waals surface area contributed by atoms with Gasteiger partial charge in [0.25, 0.3) is 0 Å². The third kappa shape index (κ3) is 3.31. The molecule has 0 aliphatic carbocycles. The molecule has 0 unspecified atom stereocenters. The van der Waals surface area contributed by atoms with E-state index in [2.05, 4.69) is 15.3 Å². The molecule has 0 atom stereocenters. The lowest BCUT2D eigenvalue weighted by atomic mass is 10.3. The number of hydrogen-bond acceptors (Lipinski definition) is 4. The average molecular weight is 290 g/mol. The molecule has 2 aromatic rings. The first-order valence-corrected chi connectivity index (χ1v) is 5.19. The largest absolute Gasteiger partial charge is 0.433 e. The topological polar surface area (TPSA) is 63.8 Å². The molecule has 4 nitrogen and oxygen atoms in total. The number of benzene rings is 1. The summed E-state index contributed by atoms with van der Waals surface area (Å²) in [6, 6.07) is 3.00. The maximum absolute atomic E-state index is 13.0. The lowest BCUT2D eigenvalue weighted by Crippen LogP contribution is -2.12. The fraction of sp³-hybridized carbons (Fsp3) is 0.0909. The summed E-state index contributed by atoms with van der Waals surface area (Å²) in [7, 11) is 0. The van der Waals surface area contributed by atoms with Gasteiger partial charge in [-0.3, -0.25) is 0 Å². The Hall–Kier alpha value is -2.45. The van der Waals surface area contributed by atoms with Gasteiger partial charge in [0.2, 0.25) is 5.95 Å². The molecular weight excluding hydrogens is 283 g/mol. The Balaban J connectivity index is 2.36. The number of hydrogen-bond donors (Lipinski definition) is 2. The summed E-state index contributed by atoms with van der Waals surface area (Å²) >= 11 is 0. The van der Waals surface area contributed by atoms with Gasteiger partial charge < -0.3 is 11.1 Å². The summed E-state index contributed by atoms with van der Waals surface area (Å²) < 4.78 is 63.5. The van der Waals surface area contributed by atoms with Crippen LogP contribution in [0.3, 0.4) is 0 Å². The first kappa shape index (κ1) is 14.0. The molecule has 1 heterocycles. The second-order valence-corrected chi connectivity index (χ2v) is 3.78. The van der Waals surface area contributed by atoms with Crippen molar-refractivity contribution in [1.82, 2.24) is 9.97 Å². The van der Waals surface area contributed by atoms with Crippen molar-refractivity contribution in [2.75, 3.05) is 11.1 Å². The van der Waals surface area contributed by atoms with E-state index in [9.17, 15) is 22.0 Å². The Kier molecular flexibility index (Phi) is 3.43. The second-order valence-electron chi connectivity index (χ2n) is 3.78. The SMILES string of the molecule is Nc1nc(Nc2cc(F)cc(F)c2)cc(C(F)(F)F)n1. The molecule has 9 heteroatoms. The molecule has 1 aromatic carbocycles. The van der Waals surface area contributed by atoms with Gasteiger partial charge in [-0.25, -0.2) is 13.8 Å². The molecule has 0 aliphatic heterocycles. The van der Waals surface area contributed by atoms with Crippen molar-refractivity contribution in [1.29, 1.82) is 0 Å². The number of nitrogen functional groups attached to an aromatic ring is 1. The fourth-order valence-electron chi connectivity index (χ4n) is 1.45. The van der Waals surface area contributed by atoms with Crippen LogP contribution in [0.2, 0.25) is 0 Å². The lowest BCUT2D eigenvalue weighted by Gasteiger charge is -2.10. The van der Waals surface area contributed by atoms with E-state index in [4.69, 9.17) is 5.73 Å². The smallest absolute Gasteiger partial charge is 0.368 e. The average Bonchev–Trinajstić information content (AvgIpc) is 2.25. The van der Waals surface area contributed by atoms with Crippen molar-refractivity contribution < 1.29 is 22.0 Å². The normalized spacial score (nSPS) is 11.4. The van der Waals surface area contributed by atoms with Crippen LogP contribution in [-0.4, -0.2) is 9.97 Å². The summed E-state index contributed by atoms with van der Waals surface area (Å²) in [5, 5.41) is 2.33. The molecule has 0 amide bonds. The van der Waals surface area contributed by atoms with E-state index in [-0.39, 0.29) is 11.5 Å². The first-order chi connectivity index (χ1) is 9.24. The molecule has 0 radical (unpaired) electrons. The van der Waals surface area contributed by atoms with Gasteiger partial charge in [0.1, 0.15) is 17.5 Å². The fourth-order valence-corrected chi connectivity index (χ4v) is 1.45. The number of nitrogens with one attached hydrogen (secondary N) is 1. The number of rotatable bonds is 2. The summed E-state index contributed by atoms with van der Waals surface area (Å²) in [5.74, 6) is -2.70. The predicted molar refractivity (Wildman–Crippen MR) is 61.1 cm³/mol. The number of alkyl halides is 3. The van der Waals surface area contributed by atoms with E-state index in [1.807, 2.05) is 0 Å². The number of anilines is 3. The van der Waals surface area contributed by atoms with E-state index >= 15 is 0 Å². The van der Waals surface area contributed by atoms with Gasteiger partial charge in [0.05, 0.1) is 0 Å². The van der Waals surface area contributed by atoms with Gasteiger partial charge in [0, 0.05) is 17.8 Å². The molecule has 2 rings (SSSR count). The molecule has 1 aromatic heterocycles. The van der Waals surface area contributed by atoms with Crippen molar-refractivity contribution in [3.05, 3.63) is 41.6 Å². The van der Waals surface area contributed by atoms with Crippen molar-refractivity contribution in [3.8, 4) is 0 Å². The summed E-state index contributed by atoms with van der Waals surface area (Å²) in [5.41, 5.74) is 3.80. The maximum atomic E-state index is 13.0. The molecule has 0 bridgehead atoms. The van der Waals surface area contributed by atoms with E-state index in [0.717, 1.165) is 12.1 Å². The minimum atomic E-state index is -4.71. The molecule has 0 aliphatic rings. The zero-order valence-electron chi connectivity index (χ0n) is 9.67. The van der Waals surface area contributed by atoms with Gasteiger partial charge in [-0.2, -0.15) is 18.2 Å². The van der Waals surface area contributed by atoms with Gasteiger partial charge in [0.15, 0.2) is 5.69 Å². The van der Waals surface area contributed by atoms with Crippen molar-refractivity contribution >= 4 is 17.5 Å². The molecule has 0 spiro atoms. The summed E-state index contributed by atoms with van der Waals surface area (Å²) in [6.07, 6.45) is -4.71. The zero-order chi connectivity index (χ0) is 14.9. The number of aromatic nitrogens is 2. The van der Waals surface area contributed by atoms with Crippen LogP contribution in [-0.2, 0) is 6.18 Å². The molecule has 0 saturated carbocycles. The van der Waals surface area contributed by atoms with Gasteiger partial charge in [-0.1, -0.05) is 0 Å². The highest BCUT2D eigenvalue weighted by Crippen LogP contribution is 2.30. The third-order valence-electron chi connectivity index (χ3n) is 2.17. The van der Waals surface area contributed by atoms with Crippen LogP contribution in [0, 0.1) is 11.6 Å². The molecule has 106 valence electrons. The minimum absolute atomic E-state index is 0.103. The minimum Gasteiger partial charge on any atom is -0.368 e. The Morgan fingerprint density at radius 2 is 1.55 bits per heavy atom. The summed E-state index contributed by atoms with van der Waals surface area (Å²) in [4.78, 5) is 6.55. The van der Waals surface area contributed by atoms with Crippen LogP contribution in [0.4, 0.5) is 39.4 Å². The van der Waals surface area contributed by atoms with Crippen molar-refractivity contribution in [2.45, 2.75) is 6.18 Å². The Morgan fingerprint density at radius 1 is 0.950 bits per heavy atom. The van der Waals surface area contributed by atoms with Crippen LogP contribution >= 0.6 is 0 Å². The zero-order valence-corrected chi connectivity index (χ0v) is 9.67. The summed E-state index contributed by atoms with van der Waals surface area (Å²) in [6.45, 7) is 0. The lowest BCUT2D eigenvalue weighted by molar-refractivity contribution is -0.141. The molecular formula is C11H7F5N4. The Labute approximate surface area is 109 Å². The molecule has 3 N–H and O–H groups in total. The Morgan fingerprint density at radius 3 is 2.10 bits per heavy atom. The molecule has 20 heavy (non-hydrogen) atoms. The van der Waals surface area contributed by atoms with Crippen LogP contribution < -0.4 is 11.1 Å². The maximum Gasteiger partial charge on any atom is 0.433 e. The van der Waals surface area contributed by atoms with Crippen LogP contribution in [0.1, 0.15) is 5.69 Å². The van der Waals surface area contributed by atoms with Crippen LogP contribution in [0.5, 0.6) is 0 Å². The molecule has 0 saturated heterocycles. The first-order valence-electron chi connectivity index (χ1n) is 5.19. The quantitative estimate of drug-likeness (QED) is 0.834. The third-order valence-corrected chi connectivity index (χ3v) is 2.17. The monoisotopic (exact) mass is 290 g/mol. The highest BCUT2D eigenvalue weighted by atomic mass is 19.4. The van der Waals surface area contributed by atoms with E-state index < -0.39 is 29.5 Å². The van der Waals surface area contributed by atoms with Crippen molar-refractivity contribution in [3.63, 3.8) is 0 Å². The van der Waals surface area contributed by atoms with E-state index in [1.54, 1.807) is 0 Å². The highest BCUT2D eigenvalue weighted by Gasteiger charge is 2.33. The second kappa shape index (κ2) is 4.91. The van der Waals surface area contributed by atoms with Gasteiger partial charge in [-0.05, 0) is 12.1 Å². The standard InChI is InChI=1S/C11H7F5N4/c12-5-1-6(13)3-7(2-5)18-9-4-8(11(14,15)16)19-10(17)20-9/h1-4H,(H3,17,18,19,20). The van der Waals surface area contributed by atoms with Crippen LogP contribution in [0.15, 0.2) is 24.3 Å². The highest BCUT2D eigenvalue weighted by molar-refractivity contribution is 5.57. The van der Waals surface area contributed by atoms with E-state index in [0.29, 0.717) is 12.1 Å². The Bertz CT molecular complexity index is 621. The number of halogens is 5. The number of nitrogens with two attached hydrogens (primary N) is 1. The number of nitrogens with zero attached hydrogens (tertiary/aromatic N) is 2. The predicted octanol–water partition coefficient (Wildman–Crippen LogP) is 3.10. The molecule has 0 fully saturated rings.